The molecular formula is C16H14Cl2N4O2S. The molecule has 130 valence electrons. The average Bonchev–Trinajstić information content (AvgIpc) is 3.19. The number of H-pyrrole nitrogens is 1. The number of furan rings is 1. The minimum absolute atomic E-state index is 0.197. The number of hydrogen-bond donors (Lipinski definition) is 1. The maximum atomic E-state index is 6.07. The highest BCUT2D eigenvalue weighted by molar-refractivity contribution is 7.71. The zero-order valence-electron chi connectivity index (χ0n) is 13.2. The molecule has 0 atom stereocenters. The number of ether oxygens (including phenoxy) is 1. The first-order valence-electron chi connectivity index (χ1n) is 7.44. The molecule has 0 radical (unpaired) electrons. The smallest absolute Gasteiger partial charge is 0.216 e. The number of aryl methyl sites for hydroxylation is 1. The first-order chi connectivity index (χ1) is 12.1. The third-order valence-electron chi connectivity index (χ3n) is 3.29. The van der Waals surface area contributed by atoms with E-state index in [-0.39, 0.29) is 6.61 Å². The summed E-state index contributed by atoms with van der Waals surface area (Å²) in [4.78, 5) is 0. The van der Waals surface area contributed by atoms with Gasteiger partial charge in [-0.25, -0.2) is 0 Å². The Morgan fingerprint density at radius 3 is 2.80 bits per heavy atom. The Labute approximate surface area is 159 Å². The van der Waals surface area contributed by atoms with Gasteiger partial charge in [-0.2, -0.15) is 14.9 Å². The Kier molecular flexibility index (Phi) is 5.57. The van der Waals surface area contributed by atoms with Gasteiger partial charge < -0.3 is 9.15 Å². The lowest BCUT2D eigenvalue weighted by atomic mass is 10.3. The fourth-order valence-corrected chi connectivity index (χ4v) is 2.80. The van der Waals surface area contributed by atoms with Crippen molar-refractivity contribution in [2.24, 2.45) is 5.10 Å². The van der Waals surface area contributed by atoms with Crippen molar-refractivity contribution < 1.29 is 9.15 Å². The van der Waals surface area contributed by atoms with Crippen LogP contribution in [0.15, 0.2) is 39.9 Å². The fourth-order valence-electron chi connectivity index (χ4n) is 2.09. The van der Waals surface area contributed by atoms with E-state index < -0.39 is 0 Å². The van der Waals surface area contributed by atoms with E-state index in [1.165, 1.54) is 0 Å². The number of nitrogens with one attached hydrogen (secondary N) is 1. The monoisotopic (exact) mass is 396 g/mol. The predicted molar refractivity (Wildman–Crippen MR) is 99.3 cm³/mol. The molecule has 0 aliphatic carbocycles. The zero-order chi connectivity index (χ0) is 17.8. The fraction of sp³-hybridized carbons (Fsp3) is 0.188. The third kappa shape index (κ3) is 4.12. The Hall–Kier alpha value is -2.09. The number of benzene rings is 1. The highest BCUT2D eigenvalue weighted by Gasteiger charge is 2.09. The van der Waals surface area contributed by atoms with Crippen LogP contribution in [0.1, 0.15) is 24.3 Å². The number of rotatable bonds is 6. The predicted octanol–water partition coefficient (Wildman–Crippen LogP) is 4.86. The van der Waals surface area contributed by atoms with E-state index in [0.717, 1.165) is 5.82 Å². The standard InChI is InChI=1S/C16H14Cl2N4O2S/c1-2-14-20-21-16(25)22(14)19-8-10-6-7-11(24-10)9-23-15-12(17)4-3-5-13(15)18/h3-8H,2,9H2,1H3,(H,21,25). The maximum Gasteiger partial charge on any atom is 0.216 e. The number of halogens is 2. The van der Waals surface area contributed by atoms with Gasteiger partial charge in [-0.1, -0.05) is 36.2 Å². The van der Waals surface area contributed by atoms with Crippen molar-refractivity contribution in [1.29, 1.82) is 0 Å². The largest absolute Gasteiger partial charge is 0.483 e. The van der Waals surface area contributed by atoms with Crippen LogP contribution in [0.25, 0.3) is 0 Å². The van der Waals surface area contributed by atoms with Gasteiger partial charge in [-0.3, -0.25) is 5.10 Å². The number of hydrogen-bond acceptors (Lipinski definition) is 5. The van der Waals surface area contributed by atoms with Crippen LogP contribution in [0, 0.1) is 4.77 Å². The number of para-hydroxylation sites is 1. The van der Waals surface area contributed by atoms with Crippen LogP contribution in [0.3, 0.4) is 0 Å². The molecule has 0 saturated heterocycles. The van der Waals surface area contributed by atoms with Crippen molar-refractivity contribution in [3.05, 3.63) is 62.5 Å². The van der Waals surface area contributed by atoms with E-state index in [0.29, 0.717) is 38.5 Å². The summed E-state index contributed by atoms with van der Waals surface area (Å²) in [5.41, 5.74) is 0. The summed E-state index contributed by atoms with van der Waals surface area (Å²) in [7, 11) is 0. The van der Waals surface area contributed by atoms with E-state index in [1.54, 1.807) is 41.2 Å². The molecule has 0 amide bonds. The molecule has 0 spiro atoms. The molecule has 3 rings (SSSR count). The molecule has 0 aliphatic rings. The molecule has 1 aromatic carbocycles. The van der Waals surface area contributed by atoms with E-state index in [2.05, 4.69) is 15.3 Å². The molecule has 0 unspecified atom stereocenters. The molecule has 1 N–H and O–H groups in total. The molecule has 9 heteroatoms. The first kappa shape index (κ1) is 17.7. The van der Waals surface area contributed by atoms with Gasteiger partial charge in [-0.05, 0) is 36.5 Å². The summed E-state index contributed by atoms with van der Waals surface area (Å²) >= 11 is 17.3. The summed E-state index contributed by atoms with van der Waals surface area (Å²) in [6.45, 7) is 2.17. The average molecular weight is 397 g/mol. The van der Waals surface area contributed by atoms with Crippen molar-refractivity contribution in [1.82, 2.24) is 14.9 Å². The van der Waals surface area contributed by atoms with Gasteiger partial charge >= 0.3 is 0 Å². The Bertz CT molecular complexity index is 941. The topological polar surface area (TPSA) is 68.3 Å². The van der Waals surface area contributed by atoms with Gasteiger partial charge in [0.1, 0.15) is 18.1 Å². The highest BCUT2D eigenvalue weighted by Crippen LogP contribution is 2.32. The van der Waals surface area contributed by atoms with E-state index in [4.69, 9.17) is 44.6 Å². The first-order valence-corrected chi connectivity index (χ1v) is 8.61. The lowest BCUT2D eigenvalue weighted by Crippen LogP contribution is -1.97. The number of nitrogens with zero attached hydrogens (tertiary/aromatic N) is 3. The maximum absolute atomic E-state index is 6.07. The molecule has 2 aromatic heterocycles. The second-order valence-corrected chi connectivity index (χ2v) is 6.20. The minimum atomic E-state index is 0.197. The van der Waals surface area contributed by atoms with Gasteiger partial charge in [0.15, 0.2) is 11.6 Å². The van der Waals surface area contributed by atoms with Crippen LogP contribution in [0.2, 0.25) is 10.0 Å². The van der Waals surface area contributed by atoms with Gasteiger partial charge in [-0.15, -0.1) is 0 Å². The van der Waals surface area contributed by atoms with Crippen LogP contribution in [-0.2, 0) is 13.0 Å². The van der Waals surface area contributed by atoms with Crippen LogP contribution in [0.5, 0.6) is 5.75 Å². The lowest BCUT2D eigenvalue weighted by molar-refractivity contribution is 0.270. The minimum Gasteiger partial charge on any atom is -0.483 e. The molecule has 0 aliphatic heterocycles. The Morgan fingerprint density at radius 1 is 1.32 bits per heavy atom. The summed E-state index contributed by atoms with van der Waals surface area (Å²) in [5.74, 6) is 2.34. The summed E-state index contributed by atoms with van der Waals surface area (Å²) < 4.78 is 13.3. The highest BCUT2D eigenvalue weighted by atomic mass is 35.5. The SMILES string of the molecule is CCc1n[nH]c(=S)n1N=Cc1ccc(COc2c(Cl)cccc2Cl)o1. The van der Waals surface area contributed by atoms with Gasteiger partial charge in [0.05, 0.1) is 16.3 Å². The molecule has 0 bridgehead atoms. The second-order valence-electron chi connectivity index (χ2n) is 5.00. The van der Waals surface area contributed by atoms with Crippen LogP contribution < -0.4 is 4.74 Å². The molecule has 3 aromatic rings. The zero-order valence-corrected chi connectivity index (χ0v) is 15.5. The van der Waals surface area contributed by atoms with Crippen LogP contribution in [-0.4, -0.2) is 21.1 Å². The summed E-state index contributed by atoms with van der Waals surface area (Å²) in [5, 5.41) is 12.0. The van der Waals surface area contributed by atoms with Crippen molar-refractivity contribution in [3.63, 3.8) is 0 Å². The molecule has 6 nitrogen and oxygen atoms in total. The van der Waals surface area contributed by atoms with E-state index in [9.17, 15) is 0 Å². The Morgan fingerprint density at radius 2 is 2.08 bits per heavy atom. The quantitative estimate of drug-likeness (QED) is 0.476. The molecule has 0 fully saturated rings. The van der Waals surface area contributed by atoms with Crippen LogP contribution in [0.4, 0.5) is 0 Å². The van der Waals surface area contributed by atoms with Gasteiger partial charge in [0.2, 0.25) is 4.77 Å². The van der Waals surface area contributed by atoms with Crippen molar-refractivity contribution >= 4 is 41.6 Å². The molecule has 25 heavy (non-hydrogen) atoms. The number of aromatic nitrogens is 3. The number of aromatic amines is 1. The third-order valence-corrected chi connectivity index (χ3v) is 4.15. The Balaban J connectivity index is 1.69. The van der Waals surface area contributed by atoms with E-state index >= 15 is 0 Å². The normalized spacial score (nSPS) is 11.3. The van der Waals surface area contributed by atoms with Crippen molar-refractivity contribution in [3.8, 4) is 5.75 Å². The second kappa shape index (κ2) is 7.86. The molecule has 2 heterocycles. The van der Waals surface area contributed by atoms with Gasteiger partial charge in [0.25, 0.3) is 0 Å². The molecule has 0 saturated carbocycles. The molecular weight excluding hydrogens is 383 g/mol. The van der Waals surface area contributed by atoms with E-state index in [1.807, 2.05) is 6.92 Å². The lowest BCUT2D eigenvalue weighted by Gasteiger charge is -2.07. The van der Waals surface area contributed by atoms with Crippen LogP contribution >= 0.6 is 35.4 Å². The summed E-state index contributed by atoms with van der Waals surface area (Å²) in [6.07, 6.45) is 2.27. The van der Waals surface area contributed by atoms with Crippen molar-refractivity contribution in [2.45, 2.75) is 20.0 Å². The summed E-state index contributed by atoms with van der Waals surface area (Å²) in [6, 6.07) is 8.75. The van der Waals surface area contributed by atoms with Crippen molar-refractivity contribution in [2.75, 3.05) is 0 Å². The van der Waals surface area contributed by atoms with Gasteiger partial charge in [0, 0.05) is 6.42 Å².